The van der Waals surface area contributed by atoms with Gasteiger partial charge in [0.1, 0.15) is 0 Å². The van der Waals surface area contributed by atoms with Crippen LogP contribution in [0.3, 0.4) is 0 Å². The monoisotopic (exact) mass is 393 g/mol. The van der Waals surface area contributed by atoms with Gasteiger partial charge in [0.25, 0.3) is 0 Å². The minimum atomic E-state index is -0.451. The lowest BCUT2D eigenvalue weighted by Crippen LogP contribution is -2.53. The lowest BCUT2D eigenvalue weighted by molar-refractivity contribution is -0.0231. The molecule has 1 aromatic rings. The summed E-state index contributed by atoms with van der Waals surface area (Å²) in [5.74, 6) is 1.31. The smallest absolute Gasteiger partial charge is 0.317 e. The van der Waals surface area contributed by atoms with Gasteiger partial charge < -0.3 is 29.5 Å². The van der Waals surface area contributed by atoms with E-state index in [9.17, 15) is 9.90 Å². The number of aliphatic hydroxyl groups is 1. The van der Waals surface area contributed by atoms with E-state index in [0.29, 0.717) is 37.7 Å². The number of nitrogens with one attached hydrogen (secondary N) is 1. The van der Waals surface area contributed by atoms with Crippen LogP contribution in [0.1, 0.15) is 18.4 Å². The van der Waals surface area contributed by atoms with E-state index in [-0.39, 0.29) is 12.1 Å². The lowest BCUT2D eigenvalue weighted by Gasteiger charge is -2.36. The second-order valence-electron chi connectivity index (χ2n) is 7.25. The van der Waals surface area contributed by atoms with Gasteiger partial charge in [-0.25, -0.2) is 4.79 Å². The molecule has 8 nitrogen and oxygen atoms in total. The summed E-state index contributed by atoms with van der Waals surface area (Å²) in [5, 5.41) is 13.2. The maximum absolute atomic E-state index is 12.5. The highest BCUT2D eigenvalue weighted by Crippen LogP contribution is 2.27. The molecule has 156 valence electrons. The molecule has 2 aliphatic rings. The quantitative estimate of drug-likeness (QED) is 0.721. The van der Waals surface area contributed by atoms with Crippen molar-refractivity contribution in [2.24, 2.45) is 0 Å². The van der Waals surface area contributed by atoms with E-state index >= 15 is 0 Å². The van der Waals surface area contributed by atoms with Crippen LogP contribution in [0, 0.1) is 0 Å². The molecule has 2 amide bonds. The number of nitrogens with zero attached hydrogens (tertiary/aromatic N) is 2. The van der Waals surface area contributed by atoms with Gasteiger partial charge in [0, 0.05) is 45.9 Å². The first kappa shape index (κ1) is 20.7. The zero-order valence-electron chi connectivity index (χ0n) is 16.7. The molecule has 2 aliphatic heterocycles. The van der Waals surface area contributed by atoms with Crippen molar-refractivity contribution < 1.29 is 24.1 Å². The summed E-state index contributed by atoms with van der Waals surface area (Å²) in [6, 6.07) is 5.53. The maximum Gasteiger partial charge on any atom is 0.317 e. The Bertz CT molecular complexity index is 643. The molecule has 8 heteroatoms. The molecule has 1 aromatic carbocycles. The Morgan fingerprint density at radius 3 is 2.64 bits per heavy atom. The Hall–Kier alpha value is -2.03. The minimum Gasteiger partial charge on any atom is -0.493 e. The highest BCUT2D eigenvalue weighted by molar-refractivity contribution is 5.74. The fourth-order valence-corrected chi connectivity index (χ4v) is 3.70. The van der Waals surface area contributed by atoms with Crippen LogP contribution in [-0.2, 0) is 11.3 Å². The number of methoxy groups -OCH3 is 2. The summed E-state index contributed by atoms with van der Waals surface area (Å²) >= 11 is 0. The number of hydrogen-bond donors (Lipinski definition) is 2. The predicted octanol–water partition coefficient (Wildman–Crippen LogP) is 1.07. The number of hydrogen-bond acceptors (Lipinski definition) is 6. The first-order valence-corrected chi connectivity index (χ1v) is 9.86. The molecule has 28 heavy (non-hydrogen) atoms. The van der Waals surface area contributed by atoms with Crippen LogP contribution in [0.25, 0.3) is 0 Å². The van der Waals surface area contributed by atoms with Gasteiger partial charge in [-0.15, -0.1) is 0 Å². The van der Waals surface area contributed by atoms with Gasteiger partial charge in [0.15, 0.2) is 11.5 Å². The molecule has 0 unspecified atom stereocenters. The van der Waals surface area contributed by atoms with Crippen molar-refractivity contribution in [3.05, 3.63) is 23.8 Å². The standard InChI is InChI=1S/C20H31N3O5/c1-26-18-6-5-15(12-19(18)27-2)13-21-20(25)23-9-7-22(8-10-23)14-16(24)17-4-3-11-28-17/h5-6,12,16-17,24H,3-4,7-11,13-14H2,1-2H3,(H,21,25)/t16-,17+/m1/s1. The zero-order valence-corrected chi connectivity index (χ0v) is 16.7. The van der Waals surface area contributed by atoms with E-state index in [1.54, 1.807) is 14.2 Å². The summed E-state index contributed by atoms with van der Waals surface area (Å²) < 4.78 is 16.1. The van der Waals surface area contributed by atoms with E-state index < -0.39 is 6.10 Å². The number of ether oxygens (including phenoxy) is 3. The normalized spacial score (nSPS) is 21.4. The highest BCUT2D eigenvalue weighted by Gasteiger charge is 2.28. The molecule has 0 aliphatic carbocycles. The lowest BCUT2D eigenvalue weighted by atomic mass is 10.1. The van der Waals surface area contributed by atoms with Gasteiger partial charge in [-0.05, 0) is 30.5 Å². The topological polar surface area (TPSA) is 83.5 Å². The Morgan fingerprint density at radius 1 is 1.25 bits per heavy atom. The Kier molecular flexibility index (Phi) is 7.36. The summed E-state index contributed by atoms with van der Waals surface area (Å²) in [7, 11) is 3.19. The van der Waals surface area contributed by atoms with Gasteiger partial charge in [-0.1, -0.05) is 6.07 Å². The molecule has 0 radical (unpaired) electrons. The molecule has 0 bridgehead atoms. The summed E-state index contributed by atoms with van der Waals surface area (Å²) in [6.45, 7) is 4.59. The Morgan fingerprint density at radius 2 is 2.00 bits per heavy atom. The van der Waals surface area contributed by atoms with Crippen molar-refractivity contribution in [1.82, 2.24) is 15.1 Å². The minimum absolute atomic E-state index is 0.0391. The van der Waals surface area contributed by atoms with Crippen LogP contribution < -0.4 is 14.8 Å². The molecule has 3 rings (SSSR count). The number of urea groups is 1. The number of piperazine rings is 1. The summed E-state index contributed by atoms with van der Waals surface area (Å²) in [4.78, 5) is 16.5. The SMILES string of the molecule is COc1ccc(CNC(=O)N2CCN(C[C@@H](O)[C@@H]3CCCO3)CC2)cc1OC. The average Bonchev–Trinajstić information content (AvgIpc) is 3.27. The fraction of sp³-hybridized carbons (Fsp3) is 0.650. The molecule has 2 fully saturated rings. The molecule has 2 saturated heterocycles. The zero-order chi connectivity index (χ0) is 19.9. The number of benzene rings is 1. The van der Waals surface area contributed by atoms with Crippen LogP contribution in [0.2, 0.25) is 0 Å². The molecule has 2 heterocycles. The summed E-state index contributed by atoms with van der Waals surface area (Å²) in [5.41, 5.74) is 0.948. The molecule has 2 N–H and O–H groups in total. The number of aliphatic hydroxyl groups excluding tert-OH is 1. The van der Waals surface area contributed by atoms with Crippen LogP contribution in [0.15, 0.2) is 18.2 Å². The van der Waals surface area contributed by atoms with Crippen molar-refractivity contribution in [2.45, 2.75) is 31.6 Å². The largest absolute Gasteiger partial charge is 0.493 e. The van der Waals surface area contributed by atoms with Crippen molar-refractivity contribution >= 4 is 6.03 Å². The van der Waals surface area contributed by atoms with Crippen molar-refractivity contribution in [3.63, 3.8) is 0 Å². The maximum atomic E-state index is 12.5. The first-order chi connectivity index (χ1) is 13.6. The van der Waals surface area contributed by atoms with Gasteiger partial charge in [-0.3, -0.25) is 4.90 Å². The highest BCUT2D eigenvalue weighted by atomic mass is 16.5. The van der Waals surface area contributed by atoms with E-state index in [1.807, 2.05) is 23.1 Å². The average molecular weight is 393 g/mol. The predicted molar refractivity (Wildman–Crippen MR) is 105 cm³/mol. The third kappa shape index (κ3) is 5.27. The molecular formula is C20H31N3O5. The number of carbonyl (C=O) groups excluding carboxylic acids is 1. The number of carbonyl (C=O) groups is 1. The number of amides is 2. The van der Waals surface area contributed by atoms with Crippen LogP contribution in [-0.4, -0.2) is 86.7 Å². The second kappa shape index (κ2) is 9.95. The number of rotatable bonds is 7. The first-order valence-electron chi connectivity index (χ1n) is 9.86. The van der Waals surface area contributed by atoms with E-state index in [2.05, 4.69) is 10.2 Å². The van der Waals surface area contributed by atoms with Crippen LogP contribution >= 0.6 is 0 Å². The molecule has 0 saturated carbocycles. The van der Waals surface area contributed by atoms with Gasteiger partial charge >= 0.3 is 6.03 Å². The molecule has 2 atom stereocenters. The molecular weight excluding hydrogens is 362 g/mol. The van der Waals surface area contributed by atoms with Gasteiger partial charge in [-0.2, -0.15) is 0 Å². The van der Waals surface area contributed by atoms with Crippen molar-refractivity contribution in [1.29, 1.82) is 0 Å². The molecule has 0 aromatic heterocycles. The second-order valence-corrected chi connectivity index (χ2v) is 7.25. The third-order valence-corrected chi connectivity index (χ3v) is 5.39. The van der Waals surface area contributed by atoms with Crippen LogP contribution in [0.5, 0.6) is 11.5 Å². The van der Waals surface area contributed by atoms with Crippen LogP contribution in [0.4, 0.5) is 4.79 Å². The fourth-order valence-electron chi connectivity index (χ4n) is 3.70. The Balaban J connectivity index is 1.41. The van der Waals surface area contributed by atoms with E-state index in [1.165, 1.54) is 0 Å². The van der Waals surface area contributed by atoms with Crippen molar-refractivity contribution in [3.8, 4) is 11.5 Å². The van der Waals surface area contributed by atoms with Gasteiger partial charge in [0.2, 0.25) is 0 Å². The molecule has 0 spiro atoms. The van der Waals surface area contributed by atoms with E-state index in [4.69, 9.17) is 14.2 Å². The third-order valence-electron chi connectivity index (χ3n) is 5.39. The van der Waals surface area contributed by atoms with Crippen molar-refractivity contribution in [2.75, 3.05) is 53.6 Å². The van der Waals surface area contributed by atoms with E-state index in [0.717, 1.165) is 38.1 Å². The van der Waals surface area contributed by atoms with Gasteiger partial charge in [0.05, 0.1) is 26.4 Å². The summed E-state index contributed by atoms with van der Waals surface area (Å²) in [6.07, 6.45) is 1.46. The Labute approximate surface area is 166 Å². The number of β-amino-alcohol motifs (C(OH)–C–C–N with tert-alkyl or cyclic N) is 1.